The van der Waals surface area contributed by atoms with E-state index in [2.05, 4.69) is 11.5 Å². The average molecular weight is 264 g/mol. The van der Waals surface area contributed by atoms with Crippen molar-refractivity contribution in [3.63, 3.8) is 0 Å². The van der Waals surface area contributed by atoms with Gasteiger partial charge in [0.2, 0.25) is 0 Å². The van der Waals surface area contributed by atoms with E-state index in [0.29, 0.717) is 6.54 Å². The first kappa shape index (κ1) is 12.8. The number of allylic oxidation sites excluding steroid dienone is 3. The Kier molecular flexibility index (Phi) is 3.81. The summed E-state index contributed by atoms with van der Waals surface area (Å²) in [6, 6.07) is 0. The lowest BCUT2D eigenvalue weighted by Crippen LogP contribution is -2.28. The molecule has 2 heterocycles. The molecular weight excluding hydrogens is 248 g/mol. The van der Waals surface area contributed by atoms with Crippen molar-refractivity contribution in [2.45, 2.75) is 12.8 Å². The predicted octanol–water partition coefficient (Wildman–Crippen LogP) is 1.81. The minimum Gasteiger partial charge on any atom is -0.426 e. The summed E-state index contributed by atoms with van der Waals surface area (Å²) >= 11 is 5.00. The fourth-order valence-electron chi connectivity index (χ4n) is 2.01. The molecule has 4 nitrogen and oxygen atoms in total. The molecule has 5 heteroatoms. The van der Waals surface area contributed by atoms with Crippen molar-refractivity contribution < 1.29 is 9.53 Å². The fourth-order valence-corrected chi connectivity index (χ4v) is 2.26. The van der Waals surface area contributed by atoms with Gasteiger partial charge >= 0.3 is 0 Å². The number of carbonyl (C=O) groups is 1. The predicted molar refractivity (Wildman–Crippen MR) is 73.6 cm³/mol. The Morgan fingerprint density at radius 2 is 2.28 bits per heavy atom. The van der Waals surface area contributed by atoms with Crippen LogP contribution in [-0.2, 0) is 9.53 Å². The highest BCUT2D eigenvalue weighted by Crippen LogP contribution is 2.21. The molecule has 96 valence electrons. The summed E-state index contributed by atoms with van der Waals surface area (Å²) in [6.45, 7) is 5.03. The molecule has 0 spiro atoms. The number of ether oxygens (including phenoxy) is 1. The smallest absolute Gasteiger partial charge is 0.297 e. The number of hydrogen-bond donors (Lipinski definition) is 0. The molecular formula is C13H16N2O2S. The summed E-state index contributed by atoms with van der Waals surface area (Å²) in [5.41, 5.74) is 1.21. The van der Waals surface area contributed by atoms with Gasteiger partial charge in [0, 0.05) is 25.8 Å². The van der Waals surface area contributed by atoms with Gasteiger partial charge in [0.1, 0.15) is 0 Å². The molecule has 0 aromatic rings. The summed E-state index contributed by atoms with van der Waals surface area (Å²) in [6.07, 6.45) is 7.45. The summed E-state index contributed by atoms with van der Waals surface area (Å²) < 4.78 is 5.29. The van der Waals surface area contributed by atoms with Crippen LogP contribution in [0.1, 0.15) is 12.8 Å². The monoisotopic (exact) mass is 264 g/mol. The van der Waals surface area contributed by atoms with Crippen LogP contribution in [-0.4, -0.2) is 41.0 Å². The highest BCUT2D eigenvalue weighted by Gasteiger charge is 2.32. The van der Waals surface area contributed by atoms with Crippen molar-refractivity contribution in [3.8, 4) is 0 Å². The summed E-state index contributed by atoms with van der Waals surface area (Å²) in [5, 5.41) is 0.198. The van der Waals surface area contributed by atoms with Gasteiger partial charge in [-0.25, -0.2) is 0 Å². The average Bonchev–Trinajstić information content (AvgIpc) is 2.86. The first-order chi connectivity index (χ1) is 8.63. The number of thiocarbonyl (C=S) groups is 1. The molecule has 2 rings (SSSR count). The Labute approximate surface area is 112 Å². The number of amides is 1. The Hall–Kier alpha value is -1.62. The quantitative estimate of drug-likeness (QED) is 0.442. The van der Waals surface area contributed by atoms with Crippen LogP contribution < -0.4 is 0 Å². The third-order valence-electron chi connectivity index (χ3n) is 3.03. The van der Waals surface area contributed by atoms with Crippen molar-refractivity contribution in [3.05, 3.63) is 36.3 Å². The Morgan fingerprint density at radius 1 is 1.50 bits per heavy atom. The zero-order chi connectivity index (χ0) is 13.1. The second-order valence-corrected chi connectivity index (χ2v) is 4.64. The van der Waals surface area contributed by atoms with E-state index < -0.39 is 0 Å². The maximum Gasteiger partial charge on any atom is 0.297 e. The zero-order valence-electron chi connectivity index (χ0n) is 10.4. The lowest BCUT2D eigenvalue weighted by atomic mass is 10.3. The van der Waals surface area contributed by atoms with Crippen LogP contribution in [0.4, 0.5) is 0 Å². The van der Waals surface area contributed by atoms with E-state index in [-0.39, 0.29) is 16.8 Å². The van der Waals surface area contributed by atoms with E-state index in [0.717, 1.165) is 19.4 Å². The summed E-state index contributed by atoms with van der Waals surface area (Å²) in [4.78, 5) is 15.5. The Bertz CT molecular complexity index is 454. The lowest BCUT2D eigenvalue weighted by molar-refractivity contribution is -0.122. The third kappa shape index (κ3) is 2.46. The number of nitrogens with zero attached hydrogens (tertiary/aromatic N) is 2. The molecule has 2 saturated heterocycles. The minimum atomic E-state index is -0.197. The maximum atomic E-state index is 11.9. The van der Waals surface area contributed by atoms with Gasteiger partial charge in [-0.2, -0.15) is 0 Å². The molecule has 0 N–H and O–H groups in total. The van der Waals surface area contributed by atoms with Crippen LogP contribution in [0.2, 0.25) is 0 Å². The summed E-state index contributed by atoms with van der Waals surface area (Å²) in [7, 11) is 2.04. The van der Waals surface area contributed by atoms with Gasteiger partial charge in [-0.1, -0.05) is 6.08 Å². The minimum absolute atomic E-state index is 0.197. The van der Waals surface area contributed by atoms with Crippen molar-refractivity contribution in [2.24, 2.45) is 0 Å². The molecule has 0 atom stereocenters. The number of rotatable bonds is 3. The SMILES string of the molecule is C=CCN1C(=O)/C(=C\C=C2\CCCN2C)OC1=S. The molecule has 0 radical (unpaired) electrons. The van der Waals surface area contributed by atoms with Gasteiger partial charge in [-0.3, -0.25) is 9.69 Å². The molecule has 2 aliphatic heterocycles. The summed E-state index contributed by atoms with van der Waals surface area (Å²) in [5.74, 6) is 0.0899. The molecule has 2 fully saturated rings. The van der Waals surface area contributed by atoms with Crippen molar-refractivity contribution in [1.29, 1.82) is 0 Å². The molecule has 0 saturated carbocycles. The Balaban J connectivity index is 2.13. The molecule has 0 aromatic carbocycles. The van der Waals surface area contributed by atoms with E-state index >= 15 is 0 Å². The maximum absolute atomic E-state index is 11.9. The van der Waals surface area contributed by atoms with Crippen LogP contribution in [0.15, 0.2) is 36.3 Å². The lowest BCUT2D eigenvalue weighted by Gasteiger charge is -2.11. The standard InChI is InChI=1S/C13H16N2O2S/c1-3-8-15-12(16)11(17-13(15)18)7-6-10-5-4-9-14(10)2/h3,6-7H,1,4-5,8-9H2,2H3/b10-6-,11-7+. The van der Waals surface area contributed by atoms with Gasteiger partial charge in [-0.15, -0.1) is 6.58 Å². The molecule has 2 aliphatic rings. The van der Waals surface area contributed by atoms with Crippen molar-refractivity contribution >= 4 is 23.3 Å². The first-order valence-electron chi connectivity index (χ1n) is 5.90. The van der Waals surface area contributed by atoms with Crippen LogP contribution in [0.5, 0.6) is 0 Å². The topological polar surface area (TPSA) is 32.8 Å². The number of hydrogen-bond acceptors (Lipinski definition) is 4. The third-order valence-corrected chi connectivity index (χ3v) is 3.33. The van der Waals surface area contributed by atoms with E-state index in [1.807, 2.05) is 13.1 Å². The first-order valence-corrected chi connectivity index (χ1v) is 6.31. The molecule has 0 aromatic heterocycles. The molecule has 18 heavy (non-hydrogen) atoms. The molecule has 0 unspecified atom stereocenters. The van der Waals surface area contributed by atoms with E-state index in [4.69, 9.17) is 17.0 Å². The largest absolute Gasteiger partial charge is 0.426 e. The second kappa shape index (κ2) is 5.35. The van der Waals surface area contributed by atoms with Gasteiger partial charge in [-0.05, 0) is 37.2 Å². The van der Waals surface area contributed by atoms with Gasteiger partial charge in [0.15, 0.2) is 5.76 Å². The highest BCUT2D eigenvalue weighted by molar-refractivity contribution is 7.80. The van der Waals surface area contributed by atoms with Crippen molar-refractivity contribution in [2.75, 3.05) is 20.1 Å². The highest BCUT2D eigenvalue weighted by atomic mass is 32.1. The van der Waals surface area contributed by atoms with E-state index in [1.54, 1.807) is 12.2 Å². The molecule has 0 bridgehead atoms. The molecule has 0 aliphatic carbocycles. The van der Waals surface area contributed by atoms with Gasteiger partial charge in [0.25, 0.3) is 11.1 Å². The van der Waals surface area contributed by atoms with Gasteiger partial charge in [0.05, 0.1) is 0 Å². The van der Waals surface area contributed by atoms with Crippen LogP contribution in [0.3, 0.4) is 0 Å². The van der Waals surface area contributed by atoms with Crippen LogP contribution in [0.25, 0.3) is 0 Å². The Morgan fingerprint density at radius 3 is 2.89 bits per heavy atom. The van der Waals surface area contributed by atoms with Gasteiger partial charge < -0.3 is 9.64 Å². The number of likely N-dealkylation sites (tertiary alicyclic amines) is 1. The van der Waals surface area contributed by atoms with E-state index in [9.17, 15) is 4.79 Å². The van der Waals surface area contributed by atoms with E-state index in [1.165, 1.54) is 10.6 Å². The van der Waals surface area contributed by atoms with Crippen LogP contribution in [0, 0.1) is 0 Å². The molecule has 1 amide bonds. The number of carbonyl (C=O) groups excluding carboxylic acids is 1. The zero-order valence-corrected chi connectivity index (χ0v) is 11.2. The normalized spacial score (nSPS) is 24.3. The van der Waals surface area contributed by atoms with Crippen molar-refractivity contribution in [1.82, 2.24) is 9.80 Å². The fraction of sp³-hybridized carbons (Fsp3) is 0.385. The second-order valence-electron chi connectivity index (χ2n) is 4.29. The van der Waals surface area contributed by atoms with Crippen LogP contribution >= 0.6 is 12.2 Å².